The maximum atomic E-state index is 13.6. The highest BCUT2D eigenvalue weighted by molar-refractivity contribution is 5.98. The predicted molar refractivity (Wildman–Crippen MR) is 116 cm³/mol. The van der Waals surface area contributed by atoms with Gasteiger partial charge < -0.3 is 10.6 Å². The summed E-state index contributed by atoms with van der Waals surface area (Å²) >= 11 is 0. The van der Waals surface area contributed by atoms with E-state index in [4.69, 9.17) is 5.73 Å². The van der Waals surface area contributed by atoms with Gasteiger partial charge in [-0.2, -0.15) is 0 Å². The van der Waals surface area contributed by atoms with Crippen LogP contribution in [0.15, 0.2) is 9.59 Å². The second kappa shape index (κ2) is 8.78. The molecule has 1 aromatic rings. The number of rotatable bonds is 6. The molecule has 166 valence electrons. The van der Waals surface area contributed by atoms with Crippen LogP contribution in [-0.2, 0) is 16.1 Å². The number of aromatic amines is 1. The molecular formula is C22H34N4O4. The number of amides is 1. The van der Waals surface area contributed by atoms with E-state index in [1.807, 2.05) is 27.7 Å². The number of nitrogens with two attached hydrogens (primary N) is 1. The monoisotopic (exact) mass is 418 g/mol. The van der Waals surface area contributed by atoms with Gasteiger partial charge in [0.15, 0.2) is 5.69 Å². The molecule has 8 heteroatoms. The maximum absolute atomic E-state index is 13.6. The van der Waals surface area contributed by atoms with E-state index in [-0.39, 0.29) is 47.0 Å². The highest BCUT2D eigenvalue weighted by Crippen LogP contribution is 2.41. The fourth-order valence-corrected chi connectivity index (χ4v) is 4.94. The molecule has 2 aliphatic rings. The lowest BCUT2D eigenvalue weighted by atomic mass is 9.67. The number of nitrogen functional groups attached to an aromatic ring is 1. The highest BCUT2D eigenvalue weighted by atomic mass is 16.2. The molecule has 1 amide bonds. The number of nitrogens with zero attached hydrogens (tertiary/aromatic N) is 2. The molecule has 8 nitrogen and oxygen atoms in total. The van der Waals surface area contributed by atoms with Gasteiger partial charge >= 0.3 is 5.69 Å². The Hall–Kier alpha value is -2.38. The quantitative estimate of drug-likeness (QED) is 0.734. The van der Waals surface area contributed by atoms with Gasteiger partial charge in [-0.1, -0.05) is 34.1 Å². The number of fused-ring (bicyclic) bond motifs is 2. The first-order chi connectivity index (χ1) is 14.1. The highest BCUT2D eigenvalue weighted by Gasteiger charge is 2.43. The van der Waals surface area contributed by atoms with Crippen molar-refractivity contribution in [2.24, 2.45) is 29.6 Å². The molecule has 1 aromatic heterocycles. The van der Waals surface area contributed by atoms with Gasteiger partial charge in [-0.05, 0) is 37.5 Å². The first-order valence-electron chi connectivity index (χ1n) is 11.1. The minimum absolute atomic E-state index is 0.0264. The Labute approximate surface area is 176 Å². The summed E-state index contributed by atoms with van der Waals surface area (Å²) in [6.07, 6.45) is 3.78. The first-order valence-corrected chi connectivity index (χ1v) is 11.1. The molecule has 2 atom stereocenters. The molecule has 0 saturated heterocycles. The number of aromatic nitrogens is 2. The summed E-state index contributed by atoms with van der Waals surface area (Å²) in [5.41, 5.74) is 5.13. The van der Waals surface area contributed by atoms with Crippen LogP contribution < -0.4 is 21.9 Å². The second-order valence-corrected chi connectivity index (χ2v) is 9.74. The van der Waals surface area contributed by atoms with E-state index in [0.29, 0.717) is 31.7 Å². The molecule has 0 aliphatic heterocycles. The zero-order valence-electron chi connectivity index (χ0n) is 18.4. The van der Waals surface area contributed by atoms with Crippen LogP contribution >= 0.6 is 0 Å². The van der Waals surface area contributed by atoms with Crippen LogP contribution in [0.1, 0.15) is 59.8 Å². The molecule has 2 unspecified atom stereocenters. The Morgan fingerprint density at radius 1 is 1.10 bits per heavy atom. The van der Waals surface area contributed by atoms with Crippen LogP contribution in [0.4, 0.5) is 11.5 Å². The fraction of sp³-hybridized carbons (Fsp3) is 0.727. The summed E-state index contributed by atoms with van der Waals surface area (Å²) in [4.78, 5) is 54.9. The summed E-state index contributed by atoms with van der Waals surface area (Å²) in [6, 6.07) is 0. The van der Waals surface area contributed by atoms with Gasteiger partial charge in [0.05, 0.1) is 0 Å². The van der Waals surface area contributed by atoms with Crippen LogP contribution in [0.25, 0.3) is 0 Å². The zero-order valence-corrected chi connectivity index (χ0v) is 18.4. The van der Waals surface area contributed by atoms with Gasteiger partial charge in [0, 0.05) is 30.8 Å². The fourth-order valence-electron chi connectivity index (χ4n) is 4.94. The summed E-state index contributed by atoms with van der Waals surface area (Å²) in [5.74, 6) is -0.0245. The summed E-state index contributed by atoms with van der Waals surface area (Å²) in [7, 11) is 0. The molecule has 2 aliphatic carbocycles. The van der Waals surface area contributed by atoms with E-state index in [2.05, 4.69) is 4.98 Å². The third-order valence-corrected chi connectivity index (χ3v) is 6.24. The Kier molecular flexibility index (Phi) is 6.53. The summed E-state index contributed by atoms with van der Waals surface area (Å²) in [5, 5.41) is 0. The Morgan fingerprint density at radius 3 is 2.23 bits per heavy atom. The topological polar surface area (TPSA) is 118 Å². The van der Waals surface area contributed by atoms with Crippen molar-refractivity contribution >= 4 is 23.2 Å². The SMILES string of the molecule is CC(C)CN(C(=O)C1CC2CCCC(C1)C2=O)c1c(N)n(CC(C)C)c(=O)[nH]c1=O. The summed E-state index contributed by atoms with van der Waals surface area (Å²) in [6.45, 7) is 8.50. The van der Waals surface area contributed by atoms with E-state index >= 15 is 0 Å². The number of H-pyrrole nitrogens is 1. The third kappa shape index (κ3) is 4.37. The van der Waals surface area contributed by atoms with E-state index in [1.165, 1.54) is 9.47 Å². The van der Waals surface area contributed by atoms with E-state index in [0.717, 1.165) is 19.3 Å². The van der Waals surface area contributed by atoms with Crippen molar-refractivity contribution in [3.8, 4) is 0 Å². The average Bonchev–Trinajstić information content (AvgIpc) is 2.63. The standard InChI is InChI=1S/C22H34N4O4/c1-12(2)10-25(17-19(23)26(11-13(3)4)22(30)24-20(17)28)21(29)16-8-14-6-5-7-15(9-16)18(14)27/h12-16H,5-11,23H2,1-4H3,(H,24,28,30). The third-order valence-electron chi connectivity index (χ3n) is 6.24. The second-order valence-electron chi connectivity index (χ2n) is 9.74. The zero-order chi connectivity index (χ0) is 22.2. The number of ketones is 1. The van der Waals surface area contributed by atoms with E-state index < -0.39 is 11.2 Å². The van der Waals surface area contributed by atoms with Crippen LogP contribution in [0.3, 0.4) is 0 Å². The van der Waals surface area contributed by atoms with Gasteiger partial charge in [-0.3, -0.25) is 23.9 Å². The molecule has 1 heterocycles. The van der Waals surface area contributed by atoms with Gasteiger partial charge in [0.2, 0.25) is 5.91 Å². The Bertz CT molecular complexity index is 914. The number of Topliss-reactive ketones (excluding diaryl/α,β-unsaturated/α-hetero) is 1. The lowest BCUT2D eigenvalue weighted by molar-refractivity contribution is -0.136. The lowest BCUT2D eigenvalue weighted by Gasteiger charge is -2.39. The molecule has 2 fully saturated rings. The Balaban J connectivity index is 2.01. The van der Waals surface area contributed by atoms with Crippen LogP contribution in [0.2, 0.25) is 0 Å². The van der Waals surface area contributed by atoms with Crippen LogP contribution in [0, 0.1) is 29.6 Å². The van der Waals surface area contributed by atoms with Crippen molar-refractivity contribution in [1.82, 2.24) is 9.55 Å². The van der Waals surface area contributed by atoms with Gasteiger partial charge in [0.1, 0.15) is 11.6 Å². The number of hydrogen-bond donors (Lipinski definition) is 2. The van der Waals surface area contributed by atoms with Crippen molar-refractivity contribution in [2.75, 3.05) is 17.2 Å². The first kappa shape index (κ1) is 22.3. The Morgan fingerprint density at radius 2 is 1.70 bits per heavy atom. The van der Waals surface area contributed by atoms with Gasteiger partial charge in [-0.15, -0.1) is 0 Å². The van der Waals surface area contributed by atoms with E-state index in [1.54, 1.807) is 0 Å². The lowest BCUT2D eigenvalue weighted by Crippen LogP contribution is -2.48. The smallest absolute Gasteiger partial charge is 0.330 e. The van der Waals surface area contributed by atoms with Gasteiger partial charge in [-0.25, -0.2) is 4.79 Å². The largest absolute Gasteiger partial charge is 0.383 e. The van der Waals surface area contributed by atoms with Crippen molar-refractivity contribution in [3.63, 3.8) is 0 Å². The van der Waals surface area contributed by atoms with Crippen LogP contribution in [-0.4, -0.2) is 27.8 Å². The minimum atomic E-state index is -0.640. The molecule has 0 radical (unpaired) electrons. The minimum Gasteiger partial charge on any atom is -0.383 e. The summed E-state index contributed by atoms with van der Waals surface area (Å²) < 4.78 is 1.33. The number of carbonyl (C=O) groups is 2. The molecule has 2 bridgehead atoms. The van der Waals surface area contributed by atoms with Crippen LogP contribution in [0.5, 0.6) is 0 Å². The number of nitrogens with one attached hydrogen (secondary N) is 1. The molecule has 3 rings (SSSR count). The average molecular weight is 419 g/mol. The molecule has 0 spiro atoms. The molecule has 2 saturated carbocycles. The van der Waals surface area contributed by atoms with Crippen molar-refractivity contribution < 1.29 is 9.59 Å². The maximum Gasteiger partial charge on any atom is 0.330 e. The van der Waals surface area contributed by atoms with Crippen molar-refractivity contribution in [3.05, 3.63) is 20.8 Å². The predicted octanol–water partition coefficient (Wildman–Crippen LogP) is 2.16. The normalized spacial score (nSPS) is 23.8. The number of carbonyl (C=O) groups excluding carboxylic acids is 2. The number of anilines is 2. The molecular weight excluding hydrogens is 384 g/mol. The molecule has 3 N–H and O–H groups in total. The van der Waals surface area contributed by atoms with E-state index in [9.17, 15) is 19.2 Å². The van der Waals surface area contributed by atoms with Crippen molar-refractivity contribution in [1.29, 1.82) is 0 Å². The number of hydrogen-bond acceptors (Lipinski definition) is 5. The van der Waals surface area contributed by atoms with Crippen molar-refractivity contribution in [2.45, 2.75) is 66.3 Å². The molecule has 30 heavy (non-hydrogen) atoms. The molecule has 0 aromatic carbocycles. The van der Waals surface area contributed by atoms with Gasteiger partial charge in [0.25, 0.3) is 5.56 Å².